The van der Waals surface area contributed by atoms with E-state index in [-0.39, 0.29) is 13.0 Å². The van der Waals surface area contributed by atoms with E-state index >= 15 is 0 Å². The van der Waals surface area contributed by atoms with Crippen molar-refractivity contribution in [1.82, 2.24) is 0 Å². The van der Waals surface area contributed by atoms with Crippen LogP contribution in [0.4, 0.5) is 0 Å². The number of unbranched alkanes of at least 4 members (excludes halogenated alkanes) is 6. The van der Waals surface area contributed by atoms with E-state index in [1.807, 2.05) is 0 Å². The molecule has 18 heavy (non-hydrogen) atoms. The Balaban J connectivity index is 3.49. The molecule has 0 saturated heterocycles. The van der Waals surface area contributed by atoms with Crippen LogP contribution in [0.1, 0.15) is 57.8 Å². The van der Waals surface area contributed by atoms with Crippen LogP contribution >= 0.6 is 0 Å². The Morgan fingerprint density at radius 3 is 1.78 bits per heavy atom. The molecule has 0 unspecified atom stereocenters. The third-order valence-electron chi connectivity index (χ3n) is 2.98. The van der Waals surface area contributed by atoms with Gasteiger partial charge in [0, 0.05) is 6.61 Å². The minimum atomic E-state index is -1.05. The fraction of sp³-hybridized carbons (Fsp3) is 0.846. The highest BCUT2D eigenvalue weighted by Gasteiger charge is 2.19. The SMILES string of the molecule is O=C(O)C[C@H](CCCCCCCCCO)C(=O)O. The predicted octanol–water partition coefficient (Wildman–Crippen LogP) is 2.27. The second kappa shape index (κ2) is 11.0. The van der Waals surface area contributed by atoms with Gasteiger partial charge in [-0.05, 0) is 12.8 Å². The Hall–Kier alpha value is -1.10. The maximum absolute atomic E-state index is 10.8. The van der Waals surface area contributed by atoms with Gasteiger partial charge in [0.25, 0.3) is 0 Å². The molecule has 0 fully saturated rings. The molecule has 0 aromatic carbocycles. The molecule has 5 nitrogen and oxygen atoms in total. The molecule has 0 saturated carbocycles. The zero-order chi connectivity index (χ0) is 13.8. The van der Waals surface area contributed by atoms with Crippen LogP contribution in [0.15, 0.2) is 0 Å². The van der Waals surface area contributed by atoms with E-state index in [4.69, 9.17) is 15.3 Å². The highest BCUT2D eigenvalue weighted by Crippen LogP contribution is 2.16. The first-order chi connectivity index (χ1) is 8.57. The van der Waals surface area contributed by atoms with E-state index in [0.717, 1.165) is 44.9 Å². The Labute approximate surface area is 108 Å². The number of aliphatic hydroxyl groups excluding tert-OH is 1. The minimum absolute atomic E-state index is 0.246. The van der Waals surface area contributed by atoms with E-state index in [0.29, 0.717) is 6.42 Å². The quantitative estimate of drug-likeness (QED) is 0.468. The van der Waals surface area contributed by atoms with Crippen LogP contribution in [0.25, 0.3) is 0 Å². The molecule has 0 aliphatic carbocycles. The highest BCUT2D eigenvalue weighted by atomic mass is 16.4. The number of hydrogen-bond acceptors (Lipinski definition) is 3. The van der Waals surface area contributed by atoms with E-state index in [1.54, 1.807) is 0 Å². The van der Waals surface area contributed by atoms with E-state index in [1.165, 1.54) is 0 Å². The molecule has 0 aromatic heterocycles. The van der Waals surface area contributed by atoms with Gasteiger partial charge in [0.15, 0.2) is 0 Å². The van der Waals surface area contributed by atoms with Gasteiger partial charge in [-0.25, -0.2) is 0 Å². The summed E-state index contributed by atoms with van der Waals surface area (Å²) < 4.78 is 0. The van der Waals surface area contributed by atoms with Gasteiger partial charge in [-0.2, -0.15) is 0 Å². The van der Waals surface area contributed by atoms with Gasteiger partial charge in [-0.15, -0.1) is 0 Å². The lowest BCUT2D eigenvalue weighted by atomic mass is 9.97. The standard InChI is InChI=1S/C13H24O5/c14-9-7-5-3-1-2-4-6-8-11(13(17)18)10-12(15)16/h11,14H,1-10H2,(H,15,16)(H,17,18)/t11-/m0/s1. The van der Waals surface area contributed by atoms with Crippen molar-refractivity contribution in [2.24, 2.45) is 5.92 Å². The lowest BCUT2D eigenvalue weighted by Gasteiger charge is -2.09. The Kier molecular flexibility index (Phi) is 10.3. The van der Waals surface area contributed by atoms with Gasteiger partial charge in [0.2, 0.25) is 0 Å². The predicted molar refractivity (Wildman–Crippen MR) is 67.4 cm³/mol. The number of rotatable bonds is 12. The fourth-order valence-corrected chi connectivity index (χ4v) is 1.91. The van der Waals surface area contributed by atoms with Gasteiger partial charge in [0.1, 0.15) is 0 Å². The third kappa shape index (κ3) is 10.1. The molecule has 1 atom stereocenters. The van der Waals surface area contributed by atoms with Gasteiger partial charge in [0.05, 0.1) is 12.3 Å². The smallest absolute Gasteiger partial charge is 0.307 e. The van der Waals surface area contributed by atoms with Crippen LogP contribution in [0.3, 0.4) is 0 Å². The fourth-order valence-electron chi connectivity index (χ4n) is 1.91. The molecule has 0 aromatic rings. The van der Waals surface area contributed by atoms with Crippen molar-refractivity contribution in [3.05, 3.63) is 0 Å². The van der Waals surface area contributed by atoms with Crippen LogP contribution in [-0.4, -0.2) is 33.9 Å². The van der Waals surface area contributed by atoms with Crippen LogP contribution in [0.2, 0.25) is 0 Å². The Morgan fingerprint density at radius 2 is 1.33 bits per heavy atom. The Bertz CT molecular complexity index is 240. The van der Waals surface area contributed by atoms with E-state index in [2.05, 4.69) is 0 Å². The number of carboxylic acids is 2. The van der Waals surface area contributed by atoms with Gasteiger partial charge >= 0.3 is 11.9 Å². The zero-order valence-corrected chi connectivity index (χ0v) is 10.8. The molecular weight excluding hydrogens is 236 g/mol. The first-order valence-corrected chi connectivity index (χ1v) is 6.63. The average molecular weight is 260 g/mol. The summed E-state index contributed by atoms with van der Waals surface area (Å²) in [5.41, 5.74) is 0. The first-order valence-electron chi connectivity index (χ1n) is 6.63. The summed E-state index contributed by atoms with van der Waals surface area (Å²) in [5.74, 6) is -2.82. The van der Waals surface area contributed by atoms with Crippen molar-refractivity contribution in [2.75, 3.05) is 6.61 Å². The molecule has 0 radical (unpaired) electrons. The van der Waals surface area contributed by atoms with Crippen molar-refractivity contribution in [2.45, 2.75) is 57.8 Å². The first kappa shape index (κ1) is 16.9. The summed E-state index contributed by atoms with van der Waals surface area (Å²) in [7, 11) is 0. The molecule has 0 rings (SSSR count). The summed E-state index contributed by atoms with van der Waals surface area (Å²) in [4.78, 5) is 21.3. The molecule has 0 bridgehead atoms. The third-order valence-corrected chi connectivity index (χ3v) is 2.98. The van der Waals surface area contributed by atoms with Crippen LogP contribution in [0, 0.1) is 5.92 Å². The molecule has 106 valence electrons. The normalized spacial score (nSPS) is 12.3. The summed E-state index contributed by atoms with van der Waals surface area (Å²) >= 11 is 0. The highest BCUT2D eigenvalue weighted by molar-refractivity contribution is 5.77. The number of carbonyl (C=O) groups is 2. The number of aliphatic hydroxyl groups is 1. The second-order valence-corrected chi connectivity index (χ2v) is 4.62. The number of aliphatic carboxylic acids is 2. The molecule has 0 spiro atoms. The van der Waals surface area contributed by atoms with Crippen molar-refractivity contribution in [3.8, 4) is 0 Å². The molecule has 5 heteroatoms. The summed E-state index contributed by atoms with van der Waals surface area (Å²) in [6, 6.07) is 0. The average Bonchev–Trinajstić information content (AvgIpc) is 2.30. The minimum Gasteiger partial charge on any atom is -0.481 e. The molecular formula is C13H24O5. The van der Waals surface area contributed by atoms with Crippen molar-refractivity contribution in [1.29, 1.82) is 0 Å². The van der Waals surface area contributed by atoms with E-state index < -0.39 is 17.9 Å². The molecule has 0 amide bonds. The largest absolute Gasteiger partial charge is 0.481 e. The van der Waals surface area contributed by atoms with Gasteiger partial charge in [-0.1, -0.05) is 38.5 Å². The second-order valence-electron chi connectivity index (χ2n) is 4.62. The molecule has 0 aliphatic rings. The number of carboxylic acid groups (broad SMARTS) is 2. The van der Waals surface area contributed by atoms with E-state index in [9.17, 15) is 9.59 Å². The lowest BCUT2D eigenvalue weighted by molar-refractivity contribution is -0.148. The van der Waals surface area contributed by atoms with Crippen molar-refractivity contribution >= 4 is 11.9 Å². The summed E-state index contributed by atoms with van der Waals surface area (Å²) in [6.45, 7) is 0.246. The van der Waals surface area contributed by atoms with Crippen molar-refractivity contribution in [3.63, 3.8) is 0 Å². The van der Waals surface area contributed by atoms with Gasteiger partial charge in [-0.3, -0.25) is 9.59 Å². The Morgan fingerprint density at radius 1 is 0.833 bits per heavy atom. The maximum atomic E-state index is 10.8. The molecule has 0 aliphatic heterocycles. The monoisotopic (exact) mass is 260 g/mol. The lowest BCUT2D eigenvalue weighted by Crippen LogP contribution is -2.17. The van der Waals surface area contributed by atoms with Crippen LogP contribution < -0.4 is 0 Å². The van der Waals surface area contributed by atoms with Crippen LogP contribution in [0.5, 0.6) is 0 Å². The zero-order valence-electron chi connectivity index (χ0n) is 10.8. The van der Waals surface area contributed by atoms with Crippen molar-refractivity contribution < 1.29 is 24.9 Å². The topological polar surface area (TPSA) is 94.8 Å². The summed E-state index contributed by atoms with van der Waals surface area (Å²) in [6.07, 6.45) is 6.99. The van der Waals surface area contributed by atoms with Crippen LogP contribution in [-0.2, 0) is 9.59 Å². The molecule has 3 N–H and O–H groups in total. The maximum Gasteiger partial charge on any atom is 0.307 e. The molecule has 0 heterocycles. The number of hydrogen-bond donors (Lipinski definition) is 3. The van der Waals surface area contributed by atoms with Gasteiger partial charge < -0.3 is 15.3 Å². The summed E-state index contributed by atoms with van der Waals surface area (Å²) in [5, 5.41) is 26.0.